The van der Waals surface area contributed by atoms with Crippen LogP contribution in [0.5, 0.6) is 0 Å². The van der Waals surface area contributed by atoms with Crippen molar-refractivity contribution in [1.82, 2.24) is 15.0 Å². The highest BCUT2D eigenvalue weighted by Gasteiger charge is 2.15. The Hall–Kier alpha value is -2.77. The average molecular weight is 338 g/mol. The number of hydrogen-bond acceptors (Lipinski definition) is 6. The SMILES string of the molecule is O=[N+]([O-])c1ccc2snc(-c3ccc(C4NC=CCN4)cc3)c2c1. The van der Waals surface area contributed by atoms with E-state index in [1.54, 1.807) is 12.1 Å². The van der Waals surface area contributed by atoms with Gasteiger partial charge in [0.2, 0.25) is 0 Å². The monoisotopic (exact) mass is 338 g/mol. The van der Waals surface area contributed by atoms with Crippen LogP contribution in [0.25, 0.3) is 21.3 Å². The van der Waals surface area contributed by atoms with Crippen LogP contribution in [0.15, 0.2) is 54.7 Å². The molecule has 0 aliphatic carbocycles. The summed E-state index contributed by atoms with van der Waals surface area (Å²) >= 11 is 1.36. The van der Waals surface area contributed by atoms with Gasteiger partial charge in [-0.25, -0.2) is 0 Å². The van der Waals surface area contributed by atoms with E-state index >= 15 is 0 Å². The van der Waals surface area contributed by atoms with E-state index in [0.29, 0.717) is 0 Å². The van der Waals surface area contributed by atoms with Crippen LogP contribution < -0.4 is 10.6 Å². The van der Waals surface area contributed by atoms with Crippen LogP contribution in [0.1, 0.15) is 11.7 Å². The first kappa shape index (κ1) is 14.8. The predicted octanol–water partition coefficient (Wildman–Crippen LogP) is 3.58. The molecule has 6 nitrogen and oxygen atoms in total. The minimum Gasteiger partial charge on any atom is -0.372 e. The summed E-state index contributed by atoms with van der Waals surface area (Å²) in [6.45, 7) is 0.833. The molecule has 1 aliphatic heterocycles. The summed E-state index contributed by atoms with van der Waals surface area (Å²) in [6.07, 6.45) is 4.07. The van der Waals surface area contributed by atoms with Crippen LogP contribution in [0, 0.1) is 10.1 Å². The van der Waals surface area contributed by atoms with E-state index in [9.17, 15) is 10.1 Å². The maximum absolute atomic E-state index is 11.0. The van der Waals surface area contributed by atoms with Gasteiger partial charge in [0.25, 0.3) is 5.69 Å². The van der Waals surface area contributed by atoms with E-state index in [-0.39, 0.29) is 16.8 Å². The number of fused-ring (bicyclic) bond motifs is 1. The molecule has 0 fully saturated rings. The smallest absolute Gasteiger partial charge is 0.270 e. The van der Waals surface area contributed by atoms with Gasteiger partial charge in [0.05, 0.1) is 15.3 Å². The highest BCUT2D eigenvalue weighted by atomic mass is 32.1. The first-order valence-electron chi connectivity index (χ1n) is 7.51. The summed E-state index contributed by atoms with van der Waals surface area (Å²) < 4.78 is 5.43. The second-order valence-electron chi connectivity index (χ2n) is 5.50. The third kappa shape index (κ3) is 2.64. The minimum absolute atomic E-state index is 0.0861. The van der Waals surface area contributed by atoms with E-state index in [1.807, 2.05) is 36.5 Å². The Kier molecular flexibility index (Phi) is 3.72. The van der Waals surface area contributed by atoms with Crippen molar-refractivity contribution < 1.29 is 4.92 Å². The minimum atomic E-state index is -0.377. The normalized spacial score (nSPS) is 16.9. The molecule has 4 rings (SSSR count). The zero-order chi connectivity index (χ0) is 16.5. The van der Waals surface area contributed by atoms with Crippen molar-refractivity contribution in [2.75, 3.05) is 6.54 Å². The molecule has 1 aliphatic rings. The topological polar surface area (TPSA) is 80.1 Å². The molecule has 1 aromatic heterocycles. The molecule has 0 radical (unpaired) electrons. The Balaban J connectivity index is 1.70. The number of aromatic nitrogens is 1. The molecule has 1 unspecified atom stereocenters. The van der Waals surface area contributed by atoms with Gasteiger partial charge in [-0.1, -0.05) is 30.3 Å². The summed E-state index contributed by atoms with van der Waals surface area (Å²) in [5, 5.41) is 18.4. The van der Waals surface area contributed by atoms with E-state index < -0.39 is 0 Å². The van der Waals surface area contributed by atoms with Gasteiger partial charge in [-0.2, -0.15) is 4.37 Å². The third-order valence-corrected chi connectivity index (χ3v) is 4.83. The lowest BCUT2D eigenvalue weighted by molar-refractivity contribution is -0.384. The molecule has 0 saturated carbocycles. The fourth-order valence-electron chi connectivity index (χ4n) is 2.76. The summed E-state index contributed by atoms with van der Waals surface area (Å²) in [5.74, 6) is 0. The third-order valence-electron chi connectivity index (χ3n) is 4.00. The van der Waals surface area contributed by atoms with Gasteiger partial charge in [-0.15, -0.1) is 0 Å². The molecular weight excluding hydrogens is 324 g/mol. The number of nitrogens with one attached hydrogen (secondary N) is 2. The van der Waals surface area contributed by atoms with Crippen LogP contribution in [0.4, 0.5) is 5.69 Å². The van der Waals surface area contributed by atoms with Crippen molar-refractivity contribution in [2.24, 2.45) is 0 Å². The zero-order valence-electron chi connectivity index (χ0n) is 12.6. The summed E-state index contributed by atoms with van der Waals surface area (Å²) in [4.78, 5) is 10.6. The number of nitrogens with zero attached hydrogens (tertiary/aromatic N) is 2. The van der Waals surface area contributed by atoms with E-state index in [1.165, 1.54) is 17.6 Å². The quantitative estimate of drug-likeness (QED) is 0.564. The number of hydrogen-bond donors (Lipinski definition) is 2. The lowest BCUT2D eigenvalue weighted by Gasteiger charge is -2.22. The number of non-ortho nitro benzene ring substituents is 1. The molecular formula is C17H14N4O2S. The number of nitro groups is 1. The summed E-state index contributed by atoms with van der Waals surface area (Å²) in [5.41, 5.74) is 2.96. The van der Waals surface area contributed by atoms with Gasteiger partial charge >= 0.3 is 0 Å². The second kappa shape index (κ2) is 6.03. The van der Waals surface area contributed by atoms with E-state index in [4.69, 9.17) is 0 Å². The fraction of sp³-hybridized carbons (Fsp3) is 0.118. The Labute approximate surface area is 142 Å². The first-order valence-corrected chi connectivity index (χ1v) is 8.28. The maximum Gasteiger partial charge on any atom is 0.270 e. The lowest BCUT2D eigenvalue weighted by atomic mass is 10.0. The van der Waals surface area contributed by atoms with E-state index in [2.05, 4.69) is 15.0 Å². The van der Waals surface area contributed by atoms with Gasteiger partial charge in [0.1, 0.15) is 6.17 Å². The Morgan fingerprint density at radius 1 is 1.21 bits per heavy atom. The standard InChI is InChI=1S/C17H14N4O2S/c22-21(23)13-6-7-15-14(10-13)16(20-24-15)11-2-4-12(5-3-11)17-18-8-1-9-19-17/h1-8,10,17-19H,9H2. The molecule has 0 bridgehead atoms. The van der Waals surface area contributed by atoms with Gasteiger partial charge in [-0.05, 0) is 29.4 Å². The average Bonchev–Trinajstić information content (AvgIpc) is 3.06. The Morgan fingerprint density at radius 2 is 2.04 bits per heavy atom. The number of nitro benzene ring substituents is 1. The zero-order valence-corrected chi connectivity index (χ0v) is 13.4. The molecule has 2 aromatic carbocycles. The largest absolute Gasteiger partial charge is 0.372 e. The number of rotatable bonds is 3. The van der Waals surface area contributed by atoms with Gasteiger partial charge in [0, 0.05) is 29.6 Å². The van der Waals surface area contributed by atoms with Crippen molar-refractivity contribution in [1.29, 1.82) is 0 Å². The predicted molar refractivity (Wildman–Crippen MR) is 94.7 cm³/mol. The molecule has 1 atom stereocenters. The molecule has 7 heteroatoms. The van der Waals surface area contributed by atoms with Gasteiger partial charge in [0.15, 0.2) is 0 Å². The molecule has 0 spiro atoms. The Morgan fingerprint density at radius 3 is 2.75 bits per heavy atom. The lowest BCUT2D eigenvalue weighted by Crippen LogP contribution is -2.34. The van der Waals surface area contributed by atoms with Crippen molar-refractivity contribution in [2.45, 2.75) is 6.17 Å². The summed E-state index contributed by atoms with van der Waals surface area (Å²) in [7, 11) is 0. The van der Waals surface area contributed by atoms with Crippen molar-refractivity contribution in [3.63, 3.8) is 0 Å². The van der Waals surface area contributed by atoms with Crippen LogP contribution in [0.3, 0.4) is 0 Å². The van der Waals surface area contributed by atoms with E-state index in [0.717, 1.165) is 33.5 Å². The highest BCUT2D eigenvalue weighted by molar-refractivity contribution is 7.13. The summed E-state index contributed by atoms with van der Waals surface area (Å²) in [6, 6.07) is 13.0. The Bertz CT molecular complexity index is 933. The molecule has 2 N–H and O–H groups in total. The first-order chi connectivity index (χ1) is 11.7. The maximum atomic E-state index is 11.0. The van der Waals surface area contributed by atoms with Crippen LogP contribution >= 0.6 is 11.5 Å². The highest BCUT2D eigenvalue weighted by Crippen LogP contribution is 2.33. The van der Waals surface area contributed by atoms with Gasteiger partial charge in [-0.3, -0.25) is 15.4 Å². The van der Waals surface area contributed by atoms with Crippen LogP contribution in [-0.2, 0) is 0 Å². The van der Waals surface area contributed by atoms with Crippen molar-refractivity contribution in [3.8, 4) is 11.3 Å². The molecule has 0 saturated heterocycles. The van der Waals surface area contributed by atoms with Crippen LogP contribution in [0.2, 0.25) is 0 Å². The van der Waals surface area contributed by atoms with Crippen molar-refractivity contribution >= 4 is 27.3 Å². The fourth-order valence-corrected chi connectivity index (χ4v) is 3.54. The molecule has 24 heavy (non-hydrogen) atoms. The number of benzene rings is 2. The molecule has 0 amide bonds. The van der Waals surface area contributed by atoms with Crippen LogP contribution in [-0.4, -0.2) is 15.8 Å². The van der Waals surface area contributed by atoms with Gasteiger partial charge < -0.3 is 5.32 Å². The second-order valence-corrected chi connectivity index (χ2v) is 6.31. The molecule has 120 valence electrons. The van der Waals surface area contributed by atoms with Crippen molar-refractivity contribution in [3.05, 3.63) is 70.4 Å². The molecule has 3 aromatic rings. The molecule has 2 heterocycles.